The molecule has 1 heterocycles. The van der Waals surface area contributed by atoms with Crippen LogP contribution in [-0.4, -0.2) is 36.0 Å². The lowest BCUT2D eigenvalue weighted by Crippen LogP contribution is -2.40. The highest BCUT2D eigenvalue weighted by Crippen LogP contribution is 2.18. The third-order valence-electron chi connectivity index (χ3n) is 3.47. The van der Waals surface area contributed by atoms with E-state index in [-0.39, 0.29) is 11.9 Å². The SMILES string of the molecule is Cc1ccc(CC(=O)N[C@@H]2CCN(C(N)=O)C2)cc1Br. The summed E-state index contributed by atoms with van der Waals surface area (Å²) in [5, 5.41) is 2.94. The summed E-state index contributed by atoms with van der Waals surface area (Å²) in [5.41, 5.74) is 7.32. The summed E-state index contributed by atoms with van der Waals surface area (Å²) in [5.74, 6) is -0.0305. The summed E-state index contributed by atoms with van der Waals surface area (Å²) in [6.07, 6.45) is 1.10. The van der Waals surface area contributed by atoms with Crippen molar-refractivity contribution in [2.75, 3.05) is 13.1 Å². The number of nitrogens with one attached hydrogen (secondary N) is 1. The Morgan fingerprint density at radius 3 is 2.85 bits per heavy atom. The van der Waals surface area contributed by atoms with E-state index in [1.54, 1.807) is 4.90 Å². The molecule has 3 amide bonds. The second-order valence-corrected chi connectivity index (χ2v) is 5.95. The molecule has 20 heavy (non-hydrogen) atoms. The Labute approximate surface area is 126 Å². The van der Waals surface area contributed by atoms with E-state index in [1.165, 1.54) is 0 Å². The van der Waals surface area contributed by atoms with Crippen LogP contribution in [0.1, 0.15) is 17.5 Å². The van der Waals surface area contributed by atoms with E-state index >= 15 is 0 Å². The minimum absolute atomic E-state index is 0.00360. The summed E-state index contributed by atoms with van der Waals surface area (Å²) in [7, 11) is 0. The maximum Gasteiger partial charge on any atom is 0.314 e. The quantitative estimate of drug-likeness (QED) is 0.876. The Bertz CT molecular complexity index is 533. The zero-order valence-electron chi connectivity index (χ0n) is 11.4. The van der Waals surface area contributed by atoms with E-state index in [0.717, 1.165) is 22.0 Å². The van der Waals surface area contributed by atoms with Crippen LogP contribution in [-0.2, 0) is 11.2 Å². The van der Waals surface area contributed by atoms with Crippen LogP contribution in [0.25, 0.3) is 0 Å². The first-order valence-electron chi connectivity index (χ1n) is 6.54. The van der Waals surface area contributed by atoms with Gasteiger partial charge in [0.1, 0.15) is 0 Å². The maximum absolute atomic E-state index is 12.0. The molecule has 2 rings (SSSR count). The minimum Gasteiger partial charge on any atom is -0.351 e. The number of urea groups is 1. The van der Waals surface area contributed by atoms with Crippen LogP contribution in [0, 0.1) is 6.92 Å². The predicted octanol–water partition coefficient (Wildman–Crippen LogP) is 1.57. The molecule has 0 saturated carbocycles. The fraction of sp³-hybridized carbons (Fsp3) is 0.429. The first-order valence-corrected chi connectivity index (χ1v) is 7.34. The number of primary amides is 1. The standard InChI is InChI=1S/C14H18BrN3O2/c1-9-2-3-10(6-12(9)15)7-13(19)17-11-4-5-18(8-11)14(16)20/h2-3,6,11H,4-5,7-8H2,1H3,(H2,16,20)(H,17,19)/t11-/m1/s1. The molecule has 1 fully saturated rings. The summed E-state index contributed by atoms with van der Waals surface area (Å²) >= 11 is 3.46. The fourth-order valence-electron chi connectivity index (χ4n) is 2.29. The molecule has 0 radical (unpaired) electrons. The zero-order chi connectivity index (χ0) is 14.7. The number of hydrogen-bond donors (Lipinski definition) is 2. The zero-order valence-corrected chi connectivity index (χ0v) is 12.9. The highest BCUT2D eigenvalue weighted by Gasteiger charge is 2.25. The van der Waals surface area contributed by atoms with Gasteiger partial charge in [-0.05, 0) is 30.5 Å². The molecular formula is C14H18BrN3O2. The van der Waals surface area contributed by atoms with Crippen LogP contribution in [0.15, 0.2) is 22.7 Å². The van der Waals surface area contributed by atoms with Gasteiger partial charge in [-0.15, -0.1) is 0 Å². The lowest BCUT2D eigenvalue weighted by Gasteiger charge is -2.14. The number of amides is 3. The number of halogens is 1. The van der Waals surface area contributed by atoms with Crippen molar-refractivity contribution in [1.29, 1.82) is 0 Å². The number of nitrogens with two attached hydrogens (primary N) is 1. The maximum atomic E-state index is 12.0. The average Bonchev–Trinajstić information content (AvgIpc) is 2.82. The molecule has 1 saturated heterocycles. The van der Waals surface area contributed by atoms with Gasteiger partial charge < -0.3 is 16.0 Å². The molecule has 5 nitrogen and oxygen atoms in total. The van der Waals surface area contributed by atoms with Crippen molar-refractivity contribution in [3.63, 3.8) is 0 Å². The van der Waals surface area contributed by atoms with Crippen molar-refractivity contribution >= 4 is 27.9 Å². The van der Waals surface area contributed by atoms with Crippen molar-refractivity contribution in [1.82, 2.24) is 10.2 Å². The fourth-order valence-corrected chi connectivity index (χ4v) is 2.71. The second kappa shape index (κ2) is 6.26. The van der Waals surface area contributed by atoms with Crippen LogP contribution in [0.4, 0.5) is 4.79 Å². The Kier molecular flexibility index (Phi) is 4.65. The number of carbonyl (C=O) groups is 2. The number of nitrogens with zero attached hydrogens (tertiary/aromatic N) is 1. The number of hydrogen-bond acceptors (Lipinski definition) is 2. The van der Waals surface area contributed by atoms with Crippen molar-refractivity contribution < 1.29 is 9.59 Å². The van der Waals surface area contributed by atoms with Crippen molar-refractivity contribution in [3.05, 3.63) is 33.8 Å². The van der Waals surface area contributed by atoms with Gasteiger partial charge in [-0.1, -0.05) is 28.1 Å². The summed E-state index contributed by atoms with van der Waals surface area (Å²) in [6.45, 7) is 3.11. The topological polar surface area (TPSA) is 75.4 Å². The van der Waals surface area contributed by atoms with Gasteiger partial charge in [0.15, 0.2) is 0 Å². The number of carbonyl (C=O) groups excluding carboxylic acids is 2. The first kappa shape index (κ1) is 14.8. The molecule has 3 N–H and O–H groups in total. The monoisotopic (exact) mass is 339 g/mol. The molecule has 0 spiro atoms. The van der Waals surface area contributed by atoms with Gasteiger partial charge in [-0.2, -0.15) is 0 Å². The van der Waals surface area contributed by atoms with Gasteiger partial charge in [0.2, 0.25) is 5.91 Å². The smallest absolute Gasteiger partial charge is 0.314 e. The predicted molar refractivity (Wildman–Crippen MR) is 80.3 cm³/mol. The third-order valence-corrected chi connectivity index (χ3v) is 4.32. The molecular weight excluding hydrogens is 322 g/mol. The van der Waals surface area contributed by atoms with E-state index < -0.39 is 6.03 Å². The van der Waals surface area contributed by atoms with Gasteiger partial charge in [-0.3, -0.25) is 4.79 Å². The van der Waals surface area contributed by atoms with Crippen LogP contribution < -0.4 is 11.1 Å². The highest BCUT2D eigenvalue weighted by atomic mass is 79.9. The summed E-state index contributed by atoms with van der Waals surface area (Å²) in [4.78, 5) is 24.6. The highest BCUT2D eigenvalue weighted by molar-refractivity contribution is 9.10. The Morgan fingerprint density at radius 1 is 1.50 bits per heavy atom. The van der Waals surface area contributed by atoms with Crippen LogP contribution >= 0.6 is 15.9 Å². The van der Waals surface area contributed by atoms with Crippen molar-refractivity contribution in [2.45, 2.75) is 25.8 Å². The molecule has 0 aromatic heterocycles. The molecule has 1 atom stereocenters. The van der Waals surface area contributed by atoms with Crippen LogP contribution in [0.3, 0.4) is 0 Å². The van der Waals surface area contributed by atoms with Gasteiger partial charge in [0.05, 0.1) is 6.42 Å². The van der Waals surface area contributed by atoms with E-state index in [9.17, 15) is 9.59 Å². The normalized spacial score (nSPS) is 18.1. The van der Waals surface area contributed by atoms with Crippen molar-refractivity contribution in [2.24, 2.45) is 5.73 Å². The van der Waals surface area contributed by atoms with E-state index in [2.05, 4.69) is 21.2 Å². The van der Waals surface area contributed by atoms with E-state index in [1.807, 2.05) is 25.1 Å². The second-order valence-electron chi connectivity index (χ2n) is 5.10. The Hall–Kier alpha value is -1.56. The largest absolute Gasteiger partial charge is 0.351 e. The third kappa shape index (κ3) is 3.72. The Balaban J connectivity index is 1.87. The molecule has 0 aliphatic carbocycles. The Morgan fingerprint density at radius 2 is 2.25 bits per heavy atom. The van der Waals surface area contributed by atoms with Gasteiger partial charge >= 0.3 is 6.03 Å². The number of aryl methyl sites for hydroxylation is 1. The molecule has 108 valence electrons. The molecule has 1 aromatic rings. The molecule has 1 aromatic carbocycles. The van der Waals surface area contributed by atoms with Gasteiger partial charge in [-0.25, -0.2) is 4.79 Å². The summed E-state index contributed by atoms with van der Waals surface area (Å²) < 4.78 is 1.00. The lowest BCUT2D eigenvalue weighted by atomic mass is 10.1. The molecule has 0 bridgehead atoms. The first-order chi connectivity index (χ1) is 9.45. The van der Waals surface area contributed by atoms with Gasteiger partial charge in [0.25, 0.3) is 0 Å². The van der Waals surface area contributed by atoms with Crippen molar-refractivity contribution in [3.8, 4) is 0 Å². The molecule has 1 aliphatic rings. The molecule has 0 unspecified atom stereocenters. The molecule has 1 aliphatic heterocycles. The van der Waals surface area contributed by atoms with Crippen LogP contribution in [0.5, 0.6) is 0 Å². The molecule has 6 heteroatoms. The van der Waals surface area contributed by atoms with Gasteiger partial charge in [0, 0.05) is 23.6 Å². The number of rotatable bonds is 3. The summed E-state index contributed by atoms with van der Waals surface area (Å²) in [6, 6.07) is 5.47. The average molecular weight is 340 g/mol. The van der Waals surface area contributed by atoms with E-state index in [0.29, 0.717) is 19.5 Å². The lowest BCUT2D eigenvalue weighted by molar-refractivity contribution is -0.121. The minimum atomic E-state index is -0.427. The van der Waals surface area contributed by atoms with Crippen LogP contribution in [0.2, 0.25) is 0 Å². The number of likely N-dealkylation sites (tertiary alicyclic amines) is 1. The van der Waals surface area contributed by atoms with E-state index in [4.69, 9.17) is 5.73 Å². The number of benzene rings is 1.